The number of thiazole rings is 1. The number of ether oxygens (including phenoxy) is 3. The van der Waals surface area contributed by atoms with Crippen LogP contribution in [0.1, 0.15) is 24.0 Å². The fourth-order valence-corrected chi connectivity index (χ4v) is 5.08. The van der Waals surface area contributed by atoms with Crippen LogP contribution in [-0.4, -0.2) is 30.5 Å². The Morgan fingerprint density at radius 1 is 1.00 bits per heavy atom. The Kier molecular flexibility index (Phi) is 5.35. The first kappa shape index (κ1) is 19.4. The van der Waals surface area contributed by atoms with Crippen molar-refractivity contribution in [2.75, 3.05) is 19.8 Å². The minimum absolute atomic E-state index is 0.230. The smallest absolute Gasteiger partial charge is 0.190 e. The van der Waals surface area contributed by atoms with Crippen molar-refractivity contribution < 1.29 is 14.2 Å². The van der Waals surface area contributed by atoms with Crippen molar-refractivity contribution in [2.24, 2.45) is 4.99 Å². The highest BCUT2D eigenvalue weighted by atomic mass is 32.1. The lowest BCUT2D eigenvalue weighted by Crippen LogP contribution is -2.24. The summed E-state index contributed by atoms with van der Waals surface area (Å²) in [5.74, 6) is 1.62. The molecule has 156 valence electrons. The Morgan fingerprint density at radius 2 is 1.80 bits per heavy atom. The van der Waals surface area contributed by atoms with E-state index in [-0.39, 0.29) is 6.10 Å². The van der Waals surface area contributed by atoms with Crippen molar-refractivity contribution in [3.8, 4) is 22.8 Å². The van der Waals surface area contributed by atoms with E-state index in [1.165, 1.54) is 11.1 Å². The molecule has 5 nitrogen and oxygen atoms in total. The van der Waals surface area contributed by atoms with Gasteiger partial charge in [-0.2, -0.15) is 0 Å². The van der Waals surface area contributed by atoms with Gasteiger partial charge in [0, 0.05) is 17.6 Å². The minimum atomic E-state index is 0.230. The average molecular weight is 423 g/mol. The van der Waals surface area contributed by atoms with E-state index < -0.39 is 0 Å². The van der Waals surface area contributed by atoms with Crippen molar-refractivity contribution in [1.82, 2.24) is 4.57 Å². The molecule has 30 heavy (non-hydrogen) atoms. The van der Waals surface area contributed by atoms with Crippen molar-refractivity contribution in [3.63, 3.8) is 0 Å². The van der Waals surface area contributed by atoms with Gasteiger partial charge in [0.1, 0.15) is 13.2 Å². The lowest BCUT2D eigenvalue weighted by Gasteiger charge is -2.19. The van der Waals surface area contributed by atoms with Crippen LogP contribution in [0, 0.1) is 13.8 Å². The Balaban J connectivity index is 1.59. The van der Waals surface area contributed by atoms with Gasteiger partial charge in [0.25, 0.3) is 0 Å². The monoisotopic (exact) mass is 422 g/mol. The van der Waals surface area contributed by atoms with E-state index in [4.69, 9.17) is 19.2 Å². The summed E-state index contributed by atoms with van der Waals surface area (Å²) in [5.41, 5.74) is 5.68. The normalized spacial score (nSPS) is 18.7. The fraction of sp³-hybridized carbons (Fsp3) is 0.375. The zero-order valence-corrected chi connectivity index (χ0v) is 18.2. The third-order valence-electron chi connectivity index (χ3n) is 5.48. The van der Waals surface area contributed by atoms with E-state index in [1.54, 1.807) is 11.3 Å². The zero-order chi connectivity index (χ0) is 20.5. The molecule has 1 unspecified atom stereocenters. The molecule has 3 heterocycles. The van der Waals surface area contributed by atoms with Crippen molar-refractivity contribution in [3.05, 3.63) is 57.7 Å². The predicted molar refractivity (Wildman–Crippen MR) is 119 cm³/mol. The van der Waals surface area contributed by atoms with Crippen LogP contribution in [-0.2, 0) is 11.3 Å². The van der Waals surface area contributed by atoms with Gasteiger partial charge in [-0.3, -0.25) is 0 Å². The summed E-state index contributed by atoms with van der Waals surface area (Å²) in [6.45, 7) is 7.06. The molecule has 6 heteroatoms. The molecule has 0 aliphatic carbocycles. The van der Waals surface area contributed by atoms with Gasteiger partial charge < -0.3 is 18.8 Å². The van der Waals surface area contributed by atoms with E-state index in [2.05, 4.69) is 54.1 Å². The van der Waals surface area contributed by atoms with Crippen LogP contribution < -0.4 is 14.3 Å². The molecule has 1 aromatic heterocycles. The zero-order valence-electron chi connectivity index (χ0n) is 17.4. The number of benzene rings is 2. The van der Waals surface area contributed by atoms with Gasteiger partial charge in [0.15, 0.2) is 16.3 Å². The Hall–Kier alpha value is -2.57. The molecule has 0 bridgehead atoms. The summed E-state index contributed by atoms with van der Waals surface area (Å²) in [4.78, 5) is 5.99. The summed E-state index contributed by atoms with van der Waals surface area (Å²) in [6.07, 6.45) is 2.44. The summed E-state index contributed by atoms with van der Waals surface area (Å²) < 4.78 is 19.7. The molecule has 5 rings (SSSR count). The lowest BCUT2D eigenvalue weighted by molar-refractivity contribution is 0.0968. The van der Waals surface area contributed by atoms with Gasteiger partial charge in [0.2, 0.25) is 0 Å². The molecule has 1 saturated heterocycles. The van der Waals surface area contributed by atoms with Crippen LogP contribution in [0.2, 0.25) is 0 Å². The Labute approximate surface area is 180 Å². The quantitative estimate of drug-likeness (QED) is 0.593. The Bertz CT molecular complexity index is 1110. The number of fused-ring (bicyclic) bond motifs is 1. The number of hydrogen-bond donors (Lipinski definition) is 0. The number of aromatic nitrogens is 1. The SMILES string of the molecule is Cc1cc(C)cc(N=c2scc(-c3ccc4c(c3)OCCO4)n2CC2CCCO2)c1. The van der Waals surface area contributed by atoms with Crippen LogP contribution in [0.25, 0.3) is 11.3 Å². The fourth-order valence-electron chi connectivity index (χ4n) is 4.15. The van der Waals surface area contributed by atoms with Crippen LogP contribution in [0.3, 0.4) is 0 Å². The molecule has 2 aliphatic rings. The highest BCUT2D eigenvalue weighted by molar-refractivity contribution is 7.07. The summed E-state index contributed by atoms with van der Waals surface area (Å²) in [6, 6.07) is 12.6. The molecule has 0 N–H and O–H groups in total. The van der Waals surface area contributed by atoms with Crippen LogP contribution in [0.5, 0.6) is 11.5 Å². The molecule has 1 fully saturated rings. The summed E-state index contributed by atoms with van der Waals surface area (Å²) >= 11 is 1.67. The van der Waals surface area contributed by atoms with Gasteiger partial charge in [-0.15, -0.1) is 11.3 Å². The van der Waals surface area contributed by atoms with Gasteiger partial charge in [-0.25, -0.2) is 4.99 Å². The topological polar surface area (TPSA) is 45.0 Å². The second-order valence-electron chi connectivity index (χ2n) is 7.97. The van der Waals surface area contributed by atoms with E-state index in [0.717, 1.165) is 59.2 Å². The second kappa shape index (κ2) is 8.28. The molecule has 0 radical (unpaired) electrons. The number of hydrogen-bond acceptors (Lipinski definition) is 5. The first-order chi connectivity index (χ1) is 14.7. The summed E-state index contributed by atoms with van der Waals surface area (Å²) in [5, 5.41) is 2.18. The molecule has 2 aromatic carbocycles. The summed E-state index contributed by atoms with van der Waals surface area (Å²) in [7, 11) is 0. The van der Waals surface area contributed by atoms with E-state index >= 15 is 0 Å². The second-order valence-corrected chi connectivity index (χ2v) is 8.80. The van der Waals surface area contributed by atoms with Gasteiger partial charge in [0.05, 0.1) is 24.0 Å². The maximum Gasteiger partial charge on any atom is 0.190 e. The van der Waals surface area contributed by atoms with Gasteiger partial charge >= 0.3 is 0 Å². The molecule has 0 amide bonds. The van der Waals surface area contributed by atoms with Crippen molar-refractivity contribution in [2.45, 2.75) is 39.3 Å². The highest BCUT2D eigenvalue weighted by Crippen LogP contribution is 2.35. The number of rotatable bonds is 4. The van der Waals surface area contributed by atoms with Gasteiger partial charge in [-0.1, -0.05) is 6.07 Å². The maximum atomic E-state index is 5.95. The van der Waals surface area contributed by atoms with Crippen LogP contribution in [0.4, 0.5) is 5.69 Å². The van der Waals surface area contributed by atoms with Crippen LogP contribution >= 0.6 is 11.3 Å². The molecule has 0 saturated carbocycles. The van der Waals surface area contributed by atoms with Crippen molar-refractivity contribution in [1.29, 1.82) is 0 Å². The number of aryl methyl sites for hydroxylation is 2. The minimum Gasteiger partial charge on any atom is -0.486 e. The first-order valence-electron chi connectivity index (χ1n) is 10.5. The molecular formula is C24H26N2O3S. The molecule has 3 aromatic rings. The maximum absolute atomic E-state index is 5.95. The highest BCUT2D eigenvalue weighted by Gasteiger charge is 2.20. The Morgan fingerprint density at radius 3 is 2.57 bits per heavy atom. The molecule has 2 aliphatic heterocycles. The largest absolute Gasteiger partial charge is 0.486 e. The average Bonchev–Trinajstić information content (AvgIpc) is 3.38. The van der Waals surface area contributed by atoms with Crippen molar-refractivity contribution >= 4 is 17.0 Å². The predicted octanol–water partition coefficient (Wildman–Crippen LogP) is 5.02. The van der Waals surface area contributed by atoms with E-state index in [1.807, 2.05) is 6.07 Å². The molecular weight excluding hydrogens is 396 g/mol. The van der Waals surface area contributed by atoms with E-state index in [9.17, 15) is 0 Å². The standard InChI is InChI=1S/C24H26N2O3S/c1-16-10-17(2)12-19(11-16)25-24-26(14-20-4-3-7-27-20)21(15-30-24)18-5-6-22-23(13-18)29-9-8-28-22/h5-6,10-13,15,20H,3-4,7-9,14H2,1-2H3. The molecule has 1 atom stereocenters. The van der Waals surface area contributed by atoms with Crippen LogP contribution in [0.15, 0.2) is 46.8 Å². The third kappa shape index (κ3) is 4.02. The first-order valence-corrected chi connectivity index (χ1v) is 11.4. The molecule has 0 spiro atoms. The third-order valence-corrected chi connectivity index (χ3v) is 6.34. The van der Waals surface area contributed by atoms with Gasteiger partial charge in [-0.05, 0) is 68.1 Å². The number of nitrogens with zero attached hydrogens (tertiary/aromatic N) is 2. The van der Waals surface area contributed by atoms with E-state index in [0.29, 0.717) is 13.2 Å². The lowest BCUT2D eigenvalue weighted by atomic mass is 10.1.